The third kappa shape index (κ3) is 9.53. The number of carbonyl (C=O) groups excluding carboxylic acids is 3. The highest BCUT2D eigenvalue weighted by molar-refractivity contribution is 5.76. The fraction of sp³-hybridized carbons (Fsp3) is 0.833. The summed E-state index contributed by atoms with van der Waals surface area (Å²) in [5.74, 6) is 0.398. The van der Waals surface area contributed by atoms with Gasteiger partial charge in [-0.1, -0.05) is 13.3 Å². The largest absolute Gasteiger partial charge is 0.346 e. The Hall–Kier alpha value is -1.59. The number of hydrogen-bond donors (Lipinski definition) is 0. The Morgan fingerprint density at radius 3 is 1.88 bits per heavy atom. The van der Waals surface area contributed by atoms with E-state index in [4.69, 9.17) is 0 Å². The first kappa shape index (κ1) is 22.4. The van der Waals surface area contributed by atoms with Gasteiger partial charge in [-0.15, -0.1) is 0 Å². The number of carbonyl (C=O) groups is 3. The molecular formula is C18H35N3O3. The van der Waals surface area contributed by atoms with E-state index < -0.39 is 0 Å². The molecule has 0 saturated carbocycles. The van der Waals surface area contributed by atoms with Crippen molar-refractivity contribution in [2.24, 2.45) is 0 Å². The van der Waals surface area contributed by atoms with Crippen molar-refractivity contribution in [2.75, 3.05) is 40.3 Å². The number of amides is 3. The highest BCUT2D eigenvalue weighted by Crippen LogP contribution is 2.05. The first-order valence-corrected chi connectivity index (χ1v) is 9.06. The fourth-order valence-electron chi connectivity index (χ4n) is 2.55. The molecule has 0 spiro atoms. The van der Waals surface area contributed by atoms with Gasteiger partial charge in [-0.05, 0) is 26.2 Å². The van der Waals surface area contributed by atoms with Crippen LogP contribution in [0.5, 0.6) is 0 Å². The molecule has 0 aromatic carbocycles. The van der Waals surface area contributed by atoms with Crippen LogP contribution in [0.1, 0.15) is 59.3 Å². The van der Waals surface area contributed by atoms with Gasteiger partial charge in [-0.3, -0.25) is 14.4 Å². The standard InChI is InChI=1S/C18H35N3O3/c1-6-17(23)19(4)13-10-8-9-12-18(24)20(5)14-11-15-21(7-2)16(3)22/h6-15H2,1-5H3. The third-order valence-electron chi connectivity index (χ3n) is 4.29. The van der Waals surface area contributed by atoms with Crippen molar-refractivity contribution in [3.05, 3.63) is 0 Å². The quantitative estimate of drug-likeness (QED) is 0.511. The molecule has 0 aromatic rings. The molecule has 0 aliphatic rings. The van der Waals surface area contributed by atoms with Gasteiger partial charge in [0.25, 0.3) is 0 Å². The maximum Gasteiger partial charge on any atom is 0.222 e. The lowest BCUT2D eigenvalue weighted by Gasteiger charge is -2.22. The second-order valence-electron chi connectivity index (χ2n) is 6.25. The van der Waals surface area contributed by atoms with Crippen LogP contribution in [-0.2, 0) is 14.4 Å². The summed E-state index contributed by atoms with van der Waals surface area (Å²) in [7, 11) is 3.64. The Morgan fingerprint density at radius 1 is 0.750 bits per heavy atom. The molecule has 140 valence electrons. The van der Waals surface area contributed by atoms with Crippen molar-refractivity contribution in [1.29, 1.82) is 0 Å². The van der Waals surface area contributed by atoms with Crippen LogP contribution in [0, 0.1) is 0 Å². The maximum atomic E-state index is 12.1. The Balaban J connectivity index is 3.80. The highest BCUT2D eigenvalue weighted by atomic mass is 16.2. The highest BCUT2D eigenvalue weighted by Gasteiger charge is 2.10. The molecule has 3 amide bonds. The molecule has 0 radical (unpaired) electrons. The lowest BCUT2D eigenvalue weighted by molar-refractivity contribution is -0.131. The van der Waals surface area contributed by atoms with Gasteiger partial charge in [0, 0.05) is 60.0 Å². The van der Waals surface area contributed by atoms with E-state index in [0.29, 0.717) is 32.5 Å². The predicted molar refractivity (Wildman–Crippen MR) is 96.6 cm³/mol. The second-order valence-corrected chi connectivity index (χ2v) is 6.25. The fourth-order valence-corrected chi connectivity index (χ4v) is 2.55. The Bertz CT molecular complexity index is 399. The molecular weight excluding hydrogens is 306 g/mol. The van der Waals surface area contributed by atoms with E-state index in [-0.39, 0.29) is 17.7 Å². The molecule has 0 rings (SSSR count). The van der Waals surface area contributed by atoms with Gasteiger partial charge in [0.1, 0.15) is 0 Å². The van der Waals surface area contributed by atoms with Crippen LogP contribution in [0.3, 0.4) is 0 Å². The summed E-state index contributed by atoms with van der Waals surface area (Å²) in [6.45, 7) is 8.24. The first-order chi connectivity index (χ1) is 11.3. The number of unbranched alkanes of at least 4 members (excludes halogenated alkanes) is 2. The molecule has 0 aromatic heterocycles. The van der Waals surface area contributed by atoms with Gasteiger partial charge < -0.3 is 14.7 Å². The monoisotopic (exact) mass is 341 g/mol. The zero-order valence-corrected chi connectivity index (χ0v) is 16.1. The minimum absolute atomic E-state index is 0.0815. The van der Waals surface area contributed by atoms with Crippen LogP contribution in [0.4, 0.5) is 0 Å². The van der Waals surface area contributed by atoms with Crippen molar-refractivity contribution in [1.82, 2.24) is 14.7 Å². The predicted octanol–water partition coefficient (Wildman–Crippen LogP) is 2.13. The Kier molecular flexibility index (Phi) is 11.9. The summed E-state index contributed by atoms with van der Waals surface area (Å²) in [5.41, 5.74) is 0. The van der Waals surface area contributed by atoms with E-state index in [1.54, 1.807) is 21.6 Å². The van der Waals surface area contributed by atoms with Gasteiger partial charge in [-0.2, -0.15) is 0 Å². The van der Waals surface area contributed by atoms with Crippen molar-refractivity contribution in [3.8, 4) is 0 Å². The number of hydrogen-bond acceptors (Lipinski definition) is 3. The van der Waals surface area contributed by atoms with E-state index in [1.807, 2.05) is 27.9 Å². The lowest BCUT2D eigenvalue weighted by Crippen LogP contribution is -2.33. The van der Waals surface area contributed by atoms with E-state index >= 15 is 0 Å². The molecule has 0 saturated heterocycles. The van der Waals surface area contributed by atoms with Gasteiger partial charge in [-0.25, -0.2) is 0 Å². The van der Waals surface area contributed by atoms with Gasteiger partial charge in [0.05, 0.1) is 0 Å². The topological polar surface area (TPSA) is 60.9 Å². The van der Waals surface area contributed by atoms with Crippen LogP contribution in [-0.4, -0.2) is 72.7 Å². The second kappa shape index (κ2) is 12.8. The SMILES string of the molecule is CCC(=O)N(C)CCCCCC(=O)N(C)CCCN(CC)C(C)=O. The molecule has 0 aliphatic heterocycles. The molecule has 6 nitrogen and oxygen atoms in total. The summed E-state index contributed by atoms with van der Waals surface area (Å²) >= 11 is 0. The molecule has 0 heterocycles. The zero-order valence-electron chi connectivity index (χ0n) is 16.1. The smallest absolute Gasteiger partial charge is 0.222 e. The minimum atomic E-state index is 0.0815. The molecule has 0 atom stereocenters. The average molecular weight is 341 g/mol. The maximum absolute atomic E-state index is 12.1. The summed E-state index contributed by atoms with van der Waals surface area (Å²) in [6.07, 6.45) is 4.63. The Morgan fingerprint density at radius 2 is 1.33 bits per heavy atom. The van der Waals surface area contributed by atoms with E-state index in [2.05, 4.69) is 0 Å². The van der Waals surface area contributed by atoms with Crippen molar-refractivity contribution < 1.29 is 14.4 Å². The average Bonchev–Trinajstić information content (AvgIpc) is 2.56. The van der Waals surface area contributed by atoms with Crippen molar-refractivity contribution >= 4 is 17.7 Å². The molecule has 0 fully saturated rings. The van der Waals surface area contributed by atoms with E-state index in [9.17, 15) is 14.4 Å². The summed E-state index contributed by atoms with van der Waals surface area (Å²) in [6, 6.07) is 0. The molecule has 0 unspecified atom stereocenters. The lowest BCUT2D eigenvalue weighted by atomic mass is 10.1. The normalized spacial score (nSPS) is 10.4. The van der Waals surface area contributed by atoms with Crippen LogP contribution in [0.15, 0.2) is 0 Å². The van der Waals surface area contributed by atoms with Crippen LogP contribution in [0.2, 0.25) is 0 Å². The zero-order chi connectivity index (χ0) is 18.5. The molecule has 0 bridgehead atoms. The minimum Gasteiger partial charge on any atom is -0.346 e. The molecule has 24 heavy (non-hydrogen) atoms. The molecule has 0 N–H and O–H groups in total. The number of nitrogens with zero attached hydrogens (tertiary/aromatic N) is 3. The summed E-state index contributed by atoms with van der Waals surface area (Å²) in [5, 5.41) is 0. The van der Waals surface area contributed by atoms with Crippen molar-refractivity contribution in [2.45, 2.75) is 59.3 Å². The first-order valence-electron chi connectivity index (χ1n) is 9.06. The van der Waals surface area contributed by atoms with Crippen LogP contribution >= 0.6 is 0 Å². The van der Waals surface area contributed by atoms with Gasteiger partial charge in [0.15, 0.2) is 0 Å². The number of rotatable bonds is 12. The van der Waals surface area contributed by atoms with Gasteiger partial charge in [0.2, 0.25) is 17.7 Å². The van der Waals surface area contributed by atoms with E-state index in [0.717, 1.165) is 32.2 Å². The summed E-state index contributed by atoms with van der Waals surface area (Å²) < 4.78 is 0. The van der Waals surface area contributed by atoms with Crippen molar-refractivity contribution in [3.63, 3.8) is 0 Å². The van der Waals surface area contributed by atoms with E-state index in [1.165, 1.54) is 0 Å². The molecule has 6 heteroatoms. The van der Waals surface area contributed by atoms with Crippen LogP contribution < -0.4 is 0 Å². The Labute approximate surface area is 147 Å². The van der Waals surface area contributed by atoms with Crippen LogP contribution in [0.25, 0.3) is 0 Å². The molecule has 0 aliphatic carbocycles. The summed E-state index contributed by atoms with van der Waals surface area (Å²) in [4.78, 5) is 40.1. The van der Waals surface area contributed by atoms with Gasteiger partial charge >= 0.3 is 0 Å². The third-order valence-corrected chi connectivity index (χ3v) is 4.29.